The fraction of sp³-hybridized carbons (Fsp3) is 0. The Hall–Kier alpha value is -0.130. The summed E-state index contributed by atoms with van der Waals surface area (Å²) in [6, 6.07) is 8.09. The number of halogens is 1. The van der Waals surface area contributed by atoms with Crippen LogP contribution in [0, 0.1) is 0 Å². The molecule has 1 rings (SSSR count). The van der Waals surface area contributed by atoms with Crippen molar-refractivity contribution in [3.05, 3.63) is 36.4 Å². The van der Waals surface area contributed by atoms with Crippen molar-refractivity contribution in [3.63, 3.8) is 0 Å². The Kier molecular flexibility index (Phi) is 4.59. The molecule has 0 aliphatic heterocycles. The zero-order chi connectivity index (χ0) is 6.69. The molecule has 1 aromatic rings. The second-order valence-corrected chi connectivity index (χ2v) is 2.46. The lowest BCUT2D eigenvalue weighted by molar-refractivity contribution is 1.73. The lowest BCUT2D eigenvalue weighted by atomic mass is 10.2. The monoisotopic (exact) mass is 216 g/mol. The molecule has 0 radical (unpaired) electrons. The molecule has 2 heteroatoms. The van der Waals surface area contributed by atoms with Crippen LogP contribution in [-0.4, -0.2) is 0 Å². The van der Waals surface area contributed by atoms with Gasteiger partial charge in [-0.1, -0.05) is 36.9 Å². The normalized spacial score (nSPS) is 8.10. The van der Waals surface area contributed by atoms with Gasteiger partial charge >= 0.3 is 0 Å². The van der Waals surface area contributed by atoms with Crippen molar-refractivity contribution in [1.82, 2.24) is 0 Å². The third kappa shape index (κ3) is 2.24. The van der Waals surface area contributed by atoms with Crippen LogP contribution in [0.15, 0.2) is 30.8 Å². The van der Waals surface area contributed by atoms with Crippen molar-refractivity contribution in [1.29, 1.82) is 0 Å². The van der Waals surface area contributed by atoms with Gasteiger partial charge in [0.1, 0.15) is 0 Å². The maximum Gasteiger partial charge on any atom is -0.0191 e. The van der Waals surface area contributed by atoms with Gasteiger partial charge in [-0.3, -0.25) is 0 Å². The quantitative estimate of drug-likeness (QED) is 0.633. The Morgan fingerprint density at radius 3 is 2.30 bits per heavy atom. The van der Waals surface area contributed by atoms with Crippen LogP contribution in [0.2, 0.25) is 0 Å². The van der Waals surface area contributed by atoms with E-state index in [2.05, 4.69) is 15.8 Å². The predicted molar refractivity (Wildman–Crippen MR) is 56.2 cm³/mol. The lowest BCUT2D eigenvalue weighted by Crippen LogP contribution is -1.92. The van der Waals surface area contributed by atoms with Crippen LogP contribution < -0.4 is 5.30 Å². The van der Waals surface area contributed by atoms with E-state index >= 15 is 0 Å². The van der Waals surface area contributed by atoms with Gasteiger partial charge in [0.05, 0.1) is 0 Å². The van der Waals surface area contributed by atoms with Crippen molar-refractivity contribution in [3.8, 4) is 0 Å². The molecule has 0 saturated heterocycles. The van der Waals surface area contributed by atoms with E-state index in [1.807, 2.05) is 30.3 Å². The minimum Gasteiger partial charge on any atom is -0.114 e. The first-order valence-corrected chi connectivity index (χ1v) is 3.39. The van der Waals surface area contributed by atoms with E-state index in [0.29, 0.717) is 0 Å². The fourth-order valence-corrected chi connectivity index (χ4v) is 1.02. The summed E-state index contributed by atoms with van der Waals surface area (Å²) in [6.07, 6.45) is 1.85. The first-order valence-electron chi connectivity index (χ1n) is 2.81. The zero-order valence-electron chi connectivity index (χ0n) is 5.58. The van der Waals surface area contributed by atoms with E-state index in [1.165, 1.54) is 10.9 Å². The summed E-state index contributed by atoms with van der Waals surface area (Å²) in [4.78, 5) is 0. The molecule has 0 aliphatic carbocycles. The molecule has 0 N–H and O–H groups in total. The lowest BCUT2D eigenvalue weighted by Gasteiger charge is -1.94. The summed E-state index contributed by atoms with van der Waals surface area (Å²) in [5.41, 5.74) is 1.18. The highest BCUT2D eigenvalue weighted by atomic mass is 79.9. The van der Waals surface area contributed by atoms with Crippen LogP contribution in [0.1, 0.15) is 5.56 Å². The molecule has 0 aromatic heterocycles. The Labute approximate surface area is 74.3 Å². The second-order valence-electron chi connectivity index (χ2n) is 1.83. The van der Waals surface area contributed by atoms with Crippen molar-refractivity contribution in [2.45, 2.75) is 0 Å². The van der Waals surface area contributed by atoms with E-state index in [9.17, 15) is 0 Å². The Morgan fingerprint density at radius 2 is 1.90 bits per heavy atom. The number of rotatable bonds is 1. The molecule has 0 fully saturated rings. The Morgan fingerprint density at radius 1 is 1.30 bits per heavy atom. The van der Waals surface area contributed by atoms with Gasteiger partial charge < -0.3 is 0 Å². The second kappa shape index (κ2) is 4.65. The Balaban J connectivity index is 0.000000810. The zero-order valence-corrected chi connectivity index (χ0v) is 8.45. The predicted octanol–water partition coefficient (Wildman–Crippen LogP) is 2.41. The highest BCUT2D eigenvalue weighted by Crippen LogP contribution is 2.00. The third-order valence-corrected chi connectivity index (χ3v) is 1.74. The van der Waals surface area contributed by atoms with Crippen LogP contribution in [0.3, 0.4) is 0 Å². The topological polar surface area (TPSA) is 0 Å². The third-order valence-electron chi connectivity index (χ3n) is 1.22. The molecule has 0 heterocycles. The molecule has 0 amide bonds. The van der Waals surface area contributed by atoms with Gasteiger partial charge in [0.25, 0.3) is 0 Å². The standard InChI is InChI=1S/C8H9P.BrH/c1-2-7-5-3-4-6-8(7)9;/h2-6H,1,9H2;1H. The molecule has 10 heavy (non-hydrogen) atoms. The molecule has 54 valence electrons. The van der Waals surface area contributed by atoms with Crippen LogP contribution in [-0.2, 0) is 0 Å². The van der Waals surface area contributed by atoms with E-state index in [0.717, 1.165) is 0 Å². The molecule has 0 aliphatic rings. The molecule has 0 saturated carbocycles. The van der Waals surface area contributed by atoms with Crippen LogP contribution in [0.4, 0.5) is 0 Å². The van der Waals surface area contributed by atoms with E-state index in [1.54, 1.807) is 0 Å². The average molecular weight is 217 g/mol. The van der Waals surface area contributed by atoms with Gasteiger partial charge in [-0.15, -0.1) is 26.2 Å². The molecule has 1 atom stereocenters. The molecule has 1 aromatic carbocycles. The summed E-state index contributed by atoms with van der Waals surface area (Å²) >= 11 is 0. The van der Waals surface area contributed by atoms with Gasteiger partial charge in [0.2, 0.25) is 0 Å². The van der Waals surface area contributed by atoms with Crippen molar-refractivity contribution < 1.29 is 0 Å². The van der Waals surface area contributed by atoms with Gasteiger partial charge in [0, 0.05) is 0 Å². The maximum absolute atomic E-state index is 3.68. The van der Waals surface area contributed by atoms with Crippen LogP contribution in [0.25, 0.3) is 6.08 Å². The molecule has 0 spiro atoms. The summed E-state index contributed by atoms with van der Waals surface area (Å²) in [6.45, 7) is 3.68. The Bertz CT molecular complexity index is 220. The van der Waals surface area contributed by atoms with Gasteiger partial charge in [-0.25, -0.2) is 0 Å². The summed E-state index contributed by atoms with van der Waals surface area (Å²) in [7, 11) is 2.66. The largest absolute Gasteiger partial charge is 0.114 e. The van der Waals surface area contributed by atoms with Gasteiger partial charge in [-0.2, -0.15) is 0 Å². The van der Waals surface area contributed by atoms with Crippen molar-refractivity contribution >= 4 is 37.6 Å². The SMILES string of the molecule is Br.C=Cc1ccccc1P. The van der Waals surface area contributed by atoms with Crippen molar-refractivity contribution in [2.24, 2.45) is 0 Å². The molecule has 0 bridgehead atoms. The van der Waals surface area contributed by atoms with Crippen molar-refractivity contribution in [2.75, 3.05) is 0 Å². The molecular formula is C8H10BrP. The van der Waals surface area contributed by atoms with Gasteiger partial charge in [-0.05, 0) is 10.9 Å². The van der Waals surface area contributed by atoms with Gasteiger partial charge in [0.15, 0.2) is 0 Å². The molecule has 0 nitrogen and oxygen atoms in total. The molecule has 1 unspecified atom stereocenters. The smallest absolute Gasteiger partial charge is 0.0191 e. The summed E-state index contributed by atoms with van der Waals surface area (Å²) < 4.78 is 0. The van der Waals surface area contributed by atoms with E-state index in [4.69, 9.17) is 0 Å². The summed E-state index contributed by atoms with van der Waals surface area (Å²) in [5.74, 6) is 0. The van der Waals surface area contributed by atoms with Crippen LogP contribution in [0.5, 0.6) is 0 Å². The van der Waals surface area contributed by atoms with E-state index in [-0.39, 0.29) is 17.0 Å². The minimum atomic E-state index is 0. The minimum absolute atomic E-state index is 0. The highest BCUT2D eigenvalue weighted by molar-refractivity contribution is 8.93. The number of benzene rings is 1. The molecular weight excluding hydrogens is 207 g/mol. The first kappa shape index (κ1) is 9.87. The first-order chi connectivity index (χ1) is 4.34. The maximum atomic E-state index is 3.68. The average Bonchev–Trinajstić information content (AvgIpc) is 1.89. The number of hydrogen-bond acceptors (Lipinski definition) is 0. The number of hydrogen-bond donors (Lipinski definition) is 0. The highest BCUT2D eigenvalue weighted by Gasteiger charge is 1.86. The van der Waals surface area contributed by atoms with E-state index < -0.39 is 0 Å². The summed E-state index contributed by atoms with van der Waals surface area (Å²) in [5, 5.41) is 1.20. The fourth-order valence-electron chi connectivity index (χ4n) is 0.697. The van der Waals surface area contributed by atoms with Crippen LogP contribution >= 0.6 is 26.2 Å².